The molecule has 4 rings (SSSR count). The molecule has 2 heterocycles. The van der Waals surface area contributed by atoms with E-state index in [2.05, 4.69) is 34.6 Å². The summed E-state index contributed by atoms with van der Waals surface area (Å²) in [5.74, 6) is 0. The number of aromatic nitrogens is 2. The predicted molar refractivity (Wildman–Crippen MR) is 87.6 cm³/mol. The first-order chi connectivity index (χ1) is 10.4. The number of nitrogens with one attached hydrogen (secondary N) is 1. The van der Waals surface area contributed by atoms with E-state index in [9.17, 15) is 0 Å². The first-order valence-corrected chi connectivity index (χ1v) is 8.19. The number of hydrogen-bond donors (Lipinski definition) is 1. The van der Waals surface area contributed by atoms with Gasteiger partial charge < -0.3 is 5.32 Å². The van der Waals surface area contributed by atoms with Crippen molar-refractivity contribution in [3.05, 3.63) is 47.1 Å². The molecule has 0 saturated heterocycles. The molecule has 3 nitrogen and oxygen atoms in total. The number of benzene rings is 1. The van der Waals surface area contributed by atoms with Crippen LogP contribution in [0.25, 0.3) is 21.5 Å². The zero-order valence-corrected chi connectivity index (χ0v) is 12.8. The highest BCUT2D eigenvalue weighted by molar-refractivity contribution is 7.15. The minimum absolute atomic E-state index is 0.461. The molecule has 3 aromatic rings. The number of nitrogens with zero attached hydrogens (tertiary/aromatic N) is 2. The number of fused-ring (bicyclic) bond motifs is 2. The van der Waals surface area contributed by atoms with Crippen LogP contribution in [-0.4, -0.2) is 17.0 Å². The van der Waals surface area contributed by atoms with Crippen molar-refractivity contribution >= 4 is 22.2 Å². The van der Waals surface area contributed by atoms with Gasteiger partial charge in [0.15, 0.2) is 0 Å². The Morgan fingerprint density at radius 2 is 2.14 bits per heavy atom. The molecular formula is C17H17N3S. The minimum atomic E-state index is 0.461. The Balaban J connectivity index is 1.88. The zero-order chi connectivity index (χ0) is 14.2. The van der Waals surface area contributed by atoms with Gasteiger partial charge in [-0.3, -0.25) is 4.98 Å². The highest BCUT2D eigenvalue weighted by Gasteiger charge is 2.24. The number of pyridine rings is 1. The Labute approximate surface area is 128 Å². The highest BCUT2D eigenvalue weighted by Crippen LogP contribution is 2.39. The zero-order valence-electron chi connectivity index (χ0n) is 12.0. The maximum atomic E-state index is 4.91. The van der Waals surface area contributed by atoms with Crippen LogP contribution in [-0.2, 0) is 6.42 Å². The molecule has 1 aliphatic carbocycles. The molecule has 4 heteroatoms. The quantitative estimate of drug-likeness (QED) is 0.777. The molecule has 0 saturated carbocycles. The maximum absolute atomic E-state index is 4.91. The molecule has 0 bridgehead atoms. The van der Waals surface area contributed by atoms with Gasteiger partial charge in [-0.1, -0.05) is 18.2 Å². The van der Waals surface area contributed by atoms with Gasteiger partial charge in [0.05, 0.1) is 11.2 Å². The molecule has 0 radical (unpaired) electrons. The molecular weight excluding hydrogens is 278 g/mol. The smallest absolute Gasteiger partial charge is 0.126 e. The fourth-order valence-corrected chi connectivity index (χ4v) is 4.37. The van der Waals surface area contributed by atoms with E-state index < -0.39 is 0 Å². The monoisotopic (exact) mass is 295 g/mol. The minimum Gasteiger partial charge on any atom is -0.312 e. The van der Waals surface area contributed by atoms with Gasteiger partial charge in [0, 0.05) is 28.1 Å². The fourth-order valence-electron chi connectivity index (χ4n) is 3.09. The summed E-state index contributed by atoms with van der Waals surface area (Å²) in [5, 5.41) is 5.69. The summed E-state index contributed by atoms with van der Waals surface area (Å²) in [5.41, 5.74) is 3.47. The number of rotatable bonds is 2. The lowest BCUT2D eigenvalue weighted by molar-refractivity contribution is 0.501. The van der Waals surface area contributed by atoms with Crippen molar-refractivity contribution in [3.8, 4) is 10.6 Å². The van der Waals surface area contributed by atoms with E-state index in [0.29, 0.717) is 6.04 Å². The van der Waals surface area contributed by atoms with E-state index in [4.69, 9.17) is 4.98 Å². The maximum Gasteiger partial charge on any atom is 0.126 e. The van der Waals surface area contributed by atoms with Crippen LogP contribution in [0, 0.1) is 0 Å². The van der Waals surface area contributed by atoms with Crippen LogP contribution >= 0.6 is 11.3 Å². The molecule has 1 aromatic carbocycles. The molecule has 106 valence electrons. The molecule has 0 amide bonds. The van der Waals surface area contributed by atoms with Crippen molar-refractivity contribution in [3.63, 3.8) is 0 Å². The first kappa shape index (κ1) is 12.9. The topological polar surface area (TPSA) is 37.8 Å². The molecule has 1 unspecified atom stereocenters. The second kappa shape index (κ2) is 5.20. The molecule has 0 fully saturated rings. The Hall–Kier alpha value is -1.78. The average Bonchev–Trinajstić information content (AvgIpc) is 2.98. The van der Waals surface area contributed by atoms with Crippen LogP contribution in [0.3, 0.4) is 0 Å². The largest absolute Gasteiger partial charge is 0.312 e. The van der Waals surface area contributed by atoms with E-state index in [0.717, 1.165) is 22.5 Å². The number of thiazole rings is 1. The molecule has 0 aliphatic heterocycles. The van der Waals surface area contributed by atoms with Gasteiger partial charge in [-0.15, -0.1) is 11.3 Å². The lowest BCUT2D eigenvalue weighted by Crippen LogP contribution is -2.19. The van der Waals surface area contributed by atoms with Gasteiger partial charge >= 0.3 is 0 Å². The van der Waals surface area contributed by atoms with Crippen molar-refractivity contribution in [1.82, 2.24) is 15.3 Å². The third kappa shape index (κ3) is 2.15. The van der Waals surface area contributed by atoms with E-state index in [1.807, 2.05) is 30.6 Å². The Morgan fingerprint density at radius 3 is 3.05 bits per heavy atom. The lowest BCUT2D eigenvalue weighted by atomic mass is 9.98. The number of para-hydroxylation sites is 1. The average molecular weight is 295 g/mol. The molecule has 1 N–H and O–H groups in total. The van der Waals surface area contributed by atoms with Gasteiger partial charge in [-0.05, 0) is 38.4 Å². The van der Waals surface area contributed by atoms with Gasteiger partial charge in [0.25, 0.3) is 0 Å². The van der Waals surface area contributed by atoms with Crippen molar-refractivity contribution in [2.75, 3.05) is 7.05 Å². The standard InChI is InChI=1S/C17H17N3S/c1-18-13-8-3-9-14-16(13)21-17(20-14)12-7-2-5-11-6-4-10-19-15(11)12/h2,4-7,10,13,18H,3,8-9H2,1H3. The molecule has 1 aliphatic rings. The lowest BCUT2D eigenvalue weighted by Gasteiger charge is -2.19. The van der Waals surface area contributed by atoms with Crippen LogP contribution in [0.1, 0.15) is 29.5 Å². The summed E-state index contributed by atoms with van der Waals surface area (Å²) in [6, 6.07) is 10.9. The van der Waals surface area contributed by atoms with Gasteiger partial charge in [-0.25, -0.2) is 4.98 Å². The van der Waals surface area contributed by atoms with Crippen molar-refractivity contribution in [2.45, 2.75) is 25.3 Å². The van der Waals surface area contributed by atoms with Crippen LogP contribution in [0.2, 0.25) is 0 Å². The second-order valence-corrected chi connectivity index (χ2v) is 6.47. The summed E-state index contributed by atoms with van der Waals surface area (Å²) in [4.78, 5) is 10.9. The van der Waals surface area contributed by atoms with Crippen LogP contribution in [0.15, 0.2) is 36.5 Å². The summed E-state index contributed by atoms with van der Waals surface area (Å²) in [6.07, 6.45) is 5.38. The highest BCUT2D eigenvalue weighted by atomic mass is 32.1. The summed E-state index contributed by atoms with van der Waals surface area (Å²) < 4.78 is 0. The number of aryl methyl sites for hydroxylation is 1. The van der Waals surface area contributed by atoms with E-state index in [1.54, 1.807) is 0 Å². The van der Waals surface area contributed by atoms with Gasteiger partial charge in [0.2, 0.25) is 0 Å². The van der Waals surface area contributed by atoms with E-state index in [1.165, 1.54) is 28.8 Å². The van der Waals surface area contributed by atoms with Crippen LogP contribution in [0.4, 0.5) is 0 Å². The fraction of sp³-hybridized carbons (Fsp3) is 0.294. The Morgan fingerprint density at radius 1 is 1.24 bits per heavy atom. The van der Waals surface area contributed by atoms with Crippen molar-refractivity contribution in [2.24, 2.45) is 0 Å². The SMILES string of the molecule is CNC1CCCc2nc(-c3cccc4cccnc34)sc21. The van der Waals surface area contributed by atoms with Gasteiger partial charge in [-0.2, -0.15) is 0 Å². The summed E-state index contributed by atoms with van der Waals surface area (Å²) in [6.45, 7) is 0. The summed E-state index contributed by atoms with van der Waals surface area (Å²) >= 11 is 1.82. The third-order valence-corrected chi connectivity index (χ3v) is 5.41. The molecule has 21 heavy (non-hydrogen) atoms. The molecule has 0 spiro atoms. The van der Waals surface area contributed by atoms with Crippen molar-refractivity contribution < 1.29 is 0 Å². The molecule has 2 aromatic heterocycles. The summed E-state index contributed by atoms with van der Waals surface area (Å²) in [7, 11) is 2.04. The van der Waals surface area contributed by atoms with Crippen molar-refractivity contribution in [1.29, 1.82) is 0 Å². The van der Waals surface area contributed by atoms with Gasteiger partial charge in [0.1, 0.15) is 5.01 Å². The van der Waals surface area contributed by atoms with E-state index >= 15 is 0 Å². The molecule has 1 atom stereocenters. The Kier molecular flexibility index (Phi) is 3.20. The number of hydrogen-bond acceptors (Lipinski definition) is 4. The Bertz CT molecular complexity index is 788. The first-order valence-electron chi connectivity index (χ1n) is 7.38. The van der Waals surface area contributed by atoms with Crippen LogP contribution in [0.5, 0.6) is 0 Å². The third-order valence-electron chi connectivity index (χ3n) is 4.16. The van der Waals surface area contributed by atoms with E-state index in [-0.39, 0.29) is 0 Å². The predicted octanol–water partition coefficient (Wildman–Crippen LogP) is 3.96. The van der Waals surface area contributed by atoms with Crippen LogP contribution < -0.4 is 5.32 Å². The normalized spacial score (nSPS) is 17.9. The second-order valence-electron chi connectivity index (χ2n) is 5.44.